The highest BCUT2D eigenvalue weighted by Crippen LogP contribution is 2.30. The summed E-state index contributed by atoms with van der Waals surface area (Å²) in [6.07, 6.45) is 2.95. The molecule has 21 heavy (non-hydrogen) atoms. The summed E-state index contributed by atoms with van der Waals surface area (Å²) in [6, 6.07) is 14.8. The van der Waals surface area contributed by atoms with Crippen LogP contribution in [0.3, 0.4) is 0 Å². The Morgan fingerprint density at radius 1 is 0.905 bits per heavy atom. The van der Waals surface area contributed by atoms with Crippen molar-refractivity contribution < 1.29 is 10.2 Å². The molecule has 0 radical (unpaired) electrons. The van der Waals surface area contributed by atoms with Crippen molar-refractivity contribution in [3.05, 3.63) is 59.7 Å². The summed E-state index contributed by atoms with van der Waals surface area (Å²) < 4.78 is 0. The van der Waals surface area contributed by atoms with Crippen LogP contribution in [0.2, 0.25) is 0 Å². The maximum atomic E-state index is 9.38. The second kappa shape index (κ2) is 7.41. The normalized spacial score (nSPS) is 13.8. The Morgan fingerprint density at radius 2 is 1.43 bits per heavy atom. The van der Waals surface area contributed by atoms with E-state index >= 15 is 0 Å². The van der Waals surface area contributed by atoms with E-state index in [1.54, 1.807) is 24.3 Å². The smallest absolute Gasteiger partial charge is 0.115 e. The zero-order chi connectivity index (χ0) is 15.2. The first-order chi connectivity index (χ1) is 10.1. The number of rotatable bonds is 6. The molecular formula is C18H22O2S. The van der Waals surface area contributed by atoms with Crippen LogP contribution in [0, 0.1) is 0 Å². The lowest BCUT2D eigenvalue weighted by Crippen LogP contribution is -2.13. The van der Waals surface area contributed by atoms with Crippen LogP contribution in [-0.4, -0.2) is 15.5 Å². The average molecular weight is 302 g/mol. The highest BCUT2D eigenvalue weighted by atomic mass is 32.1. The number of aromatic hydroxyl groups is 2. The molecule has 0 aromatic heterocycles. The second-order valence-corrected chi connectivity index (χ2v) is 6.04. The number of benzene rings is 2. The molecule has 0 bridgehead atoms. The van der Waals surface area contributed by atoms with Gasteiger partial charge in [-0.25, -0.2) is 0 Å². The van der Waals surface area contributed by atoms with Crippen molar-refractivity contribution in [1.29, 1.82) is 0 Å². The van der Waals surface area contributed by atoms with E-state index in [1.165, 1.54) is 11.1 Å². The van der Waals surface area contributed by atoms with Crippen molar-refractivity contribution in [2.75, 3.05) is 0 Å². The topological polar surface area (TPSA) is 40.5 Å². The lowest BCUT2D eigenvalue weighted by molar-refractivity contribution is 0.474. The maximum Gasteiger partial charge on any atom is 0.115 e. The lowest BCUT2D eigenvalue weighted by Gasteiger charge is -2.22. The second-order valence-electron chi connectivity index (χ2n) is 5.38. The Hall–Kier alpha value is -1.61. The van der Waals surface area contributed by atoms with Crippen LogP contribution in [-0.2, 0) is 6.42 Å². The molecule has 0 amide bonds. The first-order valence-corrected chi connectivity index (χ1v) is 7.86. The van der Waals surface area contributed by atoms with Crippen LogP contribution in [0.4, 0.5) is 0 Å². The standard InChI is InChI=1S/C18H22O2S/c1-2-17(14-6-10-16(20)11-7-14)18(21)12-5-13-3-8-15(19)9-4-13/h3-4,6-11,17-21H,2,5,12H2,1H3. The number of aryl methyl sites for hydroxylation is 1. The largest absolute Gasteiger partial charge is 0.508 e. The molecule has 2 unspecified atom stereocenters. The summed E-state index contributed by atoms with van der Waals surface area (Å²) in [5, 5.41) is 19.0. The molecule has 2 nitrogen and oxygen atoms in total. The Labute approximate surface area is 131 Å². The molecule has 2 N–H and O–H groups in total. The van der Waals surface area contributed by atoms with Crippen molar-refractivity contribution in [2.45, 2.75) is 37.4 Å². The van der Waals surface area contributed by atoms with E-state index in [2.05, 4.69) is 6.92 Å². The van der Waals surface area contributed by atoms with Crippen molar-refractivity contribution in [2.24, 2.45) is 0 Å². The van der Waals surface area contributed by atoms with Gasteiger partial charge in [-0.3, -0.25) is 0 Å². The van der Waals surface area contributed by atoms with Crippen LogP contribution in [0.5, 0.6) is 11.5 Å². The van der Waals surface area contributed by atoms with Gasteiger partial charge in [0.2, 0.25) is 0 Å². The predicted molar refractivity (Wildman–Crippen MR) is 90.3 cm³/mol. The fourth-order valence-electron chi connectivity index (χ4n) is 2.63. The molecule has 112 valence electrons. The zero-order valence-corrected chi connectivity index (χ0v) is 13.1. The molecule has 0 aliphatic rings. The maximum absolute atomic E-state index is 9.38. The molecule has 0 spiro atoms. The lowest BCUT2D eigenvalue weighted by atomic mass is 9.90. The predicted octanol–water partition coefficient (Wildman–Crippen LogP) is 4.52. The van der Waals surface area contributed by atoms with Gasteiger partial charge >= 0.3 is 0 Å². The molecule has 0 saturated heterocycles. The molecule has 0 saturated carbocycles. The van der Waals surface area contributed by atoms with E-state index < -0.39 is 0 Å². The number of phenols is 2. The molecule has 3 heteroatoms. The molecule has 0 aliphatic heterocycles. The first-order valence-electron chi connectivity index (χ1n) is 7.35. The van der Waals surface area contributed by atoms with Gasteiger partial charge in [0, 0.05) is 5.25 Å². The summed E-state index contributed by atoms with van der Waals surface area (Å²) in [4.78, 5) is 0. The van der Waals surface area contributed by atoms with Crippen LogP contribution >= 0.6 is 12.6 Å². The van der Waals surface area contributed by atoms with Crippen LogP contribution in [0.15, 0.2) is 48.5 Å². The van der Waals surface area contributed by atoms with E-state index in [0.717, 1.165) is 19.3 Å². The van der Waals surface area contributed by atoms with Crippen LogP contribution in [0.1, 0.15) is 36.8 Å². The van der Waals surface area contributed by atoms with Gasteiger partial charge in [-0.15, -0.1) is 0 Å². The van der Waals surface area contributed by atoms with Crippen molar-refractivity contribution >= 4 is 12.6 Å². The highest BCUT2D eigenvalue weighted by Gasteiger charge is 2.18. The van der Waals surface area contributed by atoms with Gasteiger partial charge in [-0.05, 0) is 60.6 Å². The fourth-order valence-corrected chi connectivity index (χ4v) is 3.14. The molecule has 2 rings (SSSR count). The van der Waals surface area contributed by atoms with Gasteiger partial charge in [0.05, 0.1) is 0 Å². The van der Waals surface area contributed by atoms with E-state index in [-0.39, 0.29) is 5.25 Å². The number of hydrogen-bond donors (Lipinski definition) is 3. The SMILES string of the molecule is CCC(c1ccc(O)cc1)C(S)CCc1ccc(O)cc1. The molecule has 2 aromatic carbocycles. The van der Waals surface area contributed by atoms with E-state index in [4.69, 9.17) is 12.6 Å². The van der Waals surface area contributed by atoms with Crippen LogP contribution < -0.4 is 0 Å². The molecule has 0 heterocycles. The zero-order valence-electron chi connectivity index (χ0n) is 12.2. The molecule has 0 fully saturated rings. The van der Waals surface area contributed by atoms with Gasteiger partial charge in [-0.2, -0.15) is 12.6 Å². The van der Waals surface area contributed by atoms with Gasteiger partial charge in [0.15, 0.2) is 0 Å². The van der Waals surface area contributed by atoms with Gasteiger partial charge in [-0.1, -0.05) is 31.2 Å². The first kappa shape index (κ1) is 15.8. The van der Waals surface area contributed by atoms with E-state index in [1.807, 2.05) is 24.3 Å². The van der Waals surface area contributed by atoms with E-state index in [9.17, 15) is 10.2 Å². The quantitative estimate of drug-likeness (QED) is 0.686. The third-order valence-corrected chi connectivity index (χ3v) is 4.51. The summed E-state index contributed by atoms with van der Waals surface area (Å²) in [5.41, 5.74) is 2.44. The number of hydrogen-bond acceptors (Lipinski definition) is 3. The minimum atomic E-state index is 0.272. The van der Waals surface area contributed by atoms with Crippen molar-refractivity contribution in [3.8, 4) is 11.5 Å². The Bertz CT molecular complexity index is 548. The third-order valence-electron chi connectivity index (χ3n) is 3.89. The Balaban J connectivity index is 1.98. The molecular weight excluding hydrogens is 280 g/mol. The average Bonchev–Trinajstić information content (AvgIpc) is 2.49. The Morgan fingerprint density at radius 3 is 1.95 bits per heavy atom. The minimum absolute atomic E-state index is 0.272. The molecule has 2 atom stereocenters. The van der Waals surface area contributed by atoms with Gasteiger partial charge in [0.25, 0.3) is 0 Å². The summed E-state index contributed by atoms with van der Waals surface area (Å²) in [7, 11) is 0. The van der Waals surface area contributed by atoms with Gasteiger partial charge < -0.3 is 10.2 Å². The van der Waals surface area contributed by atoms with Gasteiger partial charge in [0.1, 0.15) is 11.5 Å². The van der Waals surface area contributed by atoms with Crippen molar-refractivity contribution in [3.63, 3.8) is 0 Å². The third kappa shape index (κ3) is 4.43. The summed E-state index contributed by atoms with van der Waals surface area (Å²) in [6.45, 7) is 2.17. The summed E-state index contributed by atoms with van der Waals surface area (Å²) in [5.74, 6) is 0.983. The molecule has 0 aliphatic carbocycles. The van der Waals surface area contributed by atoms with Crippen LogP contribution in [0.25, 0.3) is 0 Å². The molecule has 2 aromatic rings. The highest BCUT2D eigenvalue weighted by molar-refractivity contribution is 7.81. The van der Waals surface area contributed by atoms with Crippen molar-refractivity contribution in [1.82, 2.24) is 0 Å². The minimum Gasteiger partial charge on any atom is -0.508 e. The fraction of sp³-hybridized carbons (Fsp3) is 0.333. The summed E-state index contributed by atoms with van der Waals surface area (Å²) >= 11 is 4.78. The van der Waals surface area contributed by atoms with E-state index in [0.29, 0.717) is 17.4 Å². The Kier molecular flexibility index (Phi) is 5.57. The number of thiol groups is 1. The monoisotopic (exact) mass is 302 g/mol. The number of phenolic OH excluding ortho intramolecular Hbond substituents is 2.